The van der Waals surface area contributed by atoms with E-state index >= 15 is 0 Å². The van der Waals surface area contributed by atoms with Crippen molar-refractivity contribution in [2.45, 2.75) is 145 Å². The molecule has 7 heterocycles. The summed E-state index contributed by atoms with van der Waals surface area (Å²) in [5.41, 5.74) is 2.87. The minimum atomic E-state index is -4.29. The lowest BCUT2D eigenvalue weighted by molar-refractivity contribution is -0.940. The van der Waals surface area contributed by atoms with E-state index in [1.54, 1.807) is 17.0 Å². The number of rotatable bonds is 21. The predicted octanol–water partition coefficient (Wildman–Crippen LogP) is 11.3. The fraction of sp³-hybridized carbons (Fsp3) is 0.411. The largest absolute Gasteiger partial charge is 0.874 e. The zero-order chi connectivity index (χ0) is 77.1. The summed E-state index contributed by atoms with van der Waals surface area (Å²) < 4.78 is 35.2. The van der Waals surface area contributed by atoms with Gasteiger partial charge < -0.3 is 45.6 Å². The standard InChI is InChI=1S/C35H45N3O9S.C30H18Cl8N6O4.C8H19N/c1-3-5-20-36(22-7-9-31(41)47-38-29(39)18-19-30(38)40)27-14-10-25(11-15-27)32-34(42)33(35(32)43)26-12-16-28(17-13-26)37(21-6-4-2)23-8-24-48(44,45)46;31-19-11-7-39-27(45)15-3-1-4-16(43-15)28(46)40-8-12-21(33)25(37)14(26(38)22(12)34)10-42-30(48)18-6-2-5-17(44-18)29(47)41-9-13(23(19)35)24(36)20(11)32;1-6-9(7(2)3)8(4)5/h10-17,26,33H,3-9,18-24H2,1-2H3,(H-,42,43,44,45,46);1-6H,7-10H2,(H,39,45)(H,40,46)(H,41,47)(H,42,48);7-8H,6H2,1-5H3. The highest BCUT2D eigenvalue weighted by atomic mass is 35.5. The summed E-state index contributed by atoms with van der Waals surface area (Å²) in [6, 6.07) is 17.3. The lowest BCUT2D eigenvalue weighted by Crippen LogP contribution is -3.17. The lowest BCUT2D eigenvalue weighted by atomic mass is 9.71. The fourth-order valence-electron chi connectivity index (χ4n) is 12.0. The zero-order valence-electron chi connectivity index (χ0n) is 58.8. The second kappa shape index (κ2) is 39.6. The van der Waals surface area contributed by atoms with Crippen LogP contribution in [0.15, 0.2) is 90.7 Å². The number of amides is 6. The topological polar surface area (TPSA) is 314 Å². The van der Waals surface area contributed by atoms with E-state index in [1.807, 2.05) is 41.0 Å². The van der Waals surface area contributed by atoms with Crippen molar-refractivity contribution in [1.29, 1.82) is 0 Å². The molecule has 12 rings (SSSR count). The first-order valence-corrected chi connectivity index (χ1v) is 38.8. The maximum absolute atomic E-state index is 13.3. The Morgan fingerprint density at radius 1 is 0.600 bits per heavy atom. The van der Waals surface area contributed by atoms with E-state index in [0.29, 0.717) is 36.7 Å². The van der Waals surface area contributed by atoms with Gasteiger partial charge in [-0.25, -0.2) is 27.8 Å². The lowest BCUT2D eigenvalue weighted by Gasteiger charge is -2.40. The van der Waals surface area contributed by atoms with Crippen LogP contribution in [-0.2, 0) is 60.3 Å². The molecule has 2 aromatic heterocycles. The van der Waals surface area contributed by atoms with Gasteiger partial charge >= 0.3 is 5.97 Å². The fourth-order valence-corrected chi connectivity index (χ4v) is 14.8. The summed E-state index contributed by atoms with van der Waals surface area (Å²) in [4.78, 5) is 118. The number of hydrogen-bond donors (Lipinski definition) is 5. The van der Waals surface area contributed by atoms with Gasteiger partial charge in [-0.15, -0.1) is 10.8 Å². The molecule has 105 heavy (non-hydrogen) atoms. The SMILES string of the molecule is CCCCN(CCCC(=O)ON1C(=O)CCC1=O)c1ccc(C2=C([O-])C(C3C=CC(=[N+](CCCC)CCCS(=O)(=O)[O-])C=C3)C2=O)cc1.CC[NH+](C(C)C)C(C)C.O=C1NCc2c(Cl)c(Cl)c(c(Cl)c2Cl)CNC(=O)c2cccc(n2)C(=O)NCc2c(Cl)c(Cl)c(c(Cl)c2Cl)CNC(=O)c2cccc1n2. The summed E-state index contributed by atoms with van der Waals surface area (Å²) >= 11 is 52.1. The van der Waals surface area contributed by atoms with Crippen LogP contribution in [0.1, 0.15) is 176 Å². The number of hydrogen-bond acceptors (Lipinski definition) is 16. The van der Waals surface area contributed by atoms with Crippen LogP contribution < -0.4 is 36.2 Å². The number of carbonyl (C=O) groups excluding carboxylic acids is 8. The number of nitrogens with one attached hydrogen (secondary N) is 5. The summed E-state index contributed by atoms with van der Waals surface area (Å²) in [5, 5.41) is 24.2. The number of ketones is 1. The molecule has 5 N–H and O–H groups in total. The van der Waals surface area contributed by atoms with Crippen molar-refractivity contribution in [1.82, 2.24) is 36.3 Å². The minimum absolute atomic E-state index is 0.0137. The number of pyridine rings is 2. The maximum Gasteiger partial charge on any atom is 0.333 e. The maximum atomic E-state index is 13.3. The third kappa shape index (κ3) is 22.5. The summed E-state index contributed by atoms with van der Waals surface area (Å²) in [6.07, 6.45) is 11.9. The van der Waals surface area contributed by atoms with Crippen LogP contribution in [0.3, 0.4) is 0 Å². The van der Waals surface area contributed by atoms with Crippen LogP contribution in [0.4, 0.5) is 5.69 Å². The summed E-state index contributed by atoms with van der Waals surface area (Å²) in [5.74, 6) is -6.35. The molecule has 6 amide bonds. The number of carbonyl (C=O) groups is 8. The smallest absolute Gasteiger partial charge is 0.333 e. The van der Waals surface area contributed by atoms with E-state index in [9.17, 15) is 56.4 Å². The van der Waals surface area contributed by atoms with Gasteiger partial charge in [-0.3, -0.25) is 33.6 Å². The molecule has 5 aliphatic heterocycles. The Bertz CT molecular complexity index is 3990. The molecule has 1 atom stereocenters. The first kappa shape index (κ1) is 85.1. The third-order valence-electron chi connectivity index (χ3n) is 17.6. The van der Waals surface area contributed by atoms with Gasteiger partial charge in [0, 0.05) is 135 Å². The van der Waals surface area contributed by atoms with Crippen LogP contribution >= 0.6 is 92.8 Å². The van der Waals surface area contributed by atoms with Gasteiger partial charge in [-0.05, 0) is 89.4 Å². The molecule has 3 aromatic carbocycles. The van der Waals surface area contributed by atoms with Crippen molar-refractivity contribution in [3.63, 3.8) is 0 Å². The van der Waals surface area contributed by atoms with Crippen molar-refractivity contribution in [2.75, 3.05) is 43.4 Å². The Labute approximate surface area is 650 Å². The number of imide groups is 1. The number of aromatic nitrogens is 2. The second-order valence-electron chi connectivity index (χ2n) is 25.5. The van der Waals surface area contributed by atoms with Gasteiger partial charge in [0.2, 0.25) is 0 Å². The predicted molar refractivity (Wildman–Crippen MR) is 404 cm³/mol. The van der Waals surface area contributed by atoms with Gasteiger partial charge in [-0.1, -0.05) is 156 Å². The second-order valence-corrected chi connectivity index (χ2v) is 30.1. The molecule has 2 aliphatic carbocycles. The Morgan fingerprint density at radius 3 is 1.34 bits per heavy atom. The molecule has 564 valence electrons. The Hall–Kier alpha value is -7.20. The van der Waals surface area contributed by atoms with Crippen LogP contribution in [-0.4, -0.2) is 136 Å². The zero-order valence-corrected chi connectivity index (χ0v) is 65.7. The summed E-state index contributed by atoms with van der Waals surface area (Å²) in [6.45, 7) is 18.2. The van der Waals surface area contributed by atoms with Crippen molar-refractivity contribution in [3.8, 4) is 0 Å². The third-order valence-corrected chi connectivity index (χ3v) is 22.1. The van der Waals surface area contributed by atoms with E-state index < -0.39 is 63.2 Å². The van der Waals surface area contributed by atoms with E-state index in [1.165, 1.54) is 42.9 Å². The molecule has 0 saturated carbocycles. The Kier molecular flexibility index (Phi) is 32.1. The molecular weight excluding hydrogens is 1540 g/mol. The molecular formula is C73H82Cl8N10O13S. The van der Waals surface area contributed by atoms with Crippen LogP contribution in [0.25, 0.3) is 5.57 Å². The summed E-state index contributed by atoms with van der Waals surface area (Å²) in [7, 11) is -4.29. The van der Waals surface area contributed by atoms with Crippen LogP contribution in [0.2, 0.25) is 40.2 Å². The van der Waals surface area contributed by atoms with Gasteiger partial charge in [0.05, 0.1) is 68.9 Å². The van der Waals surface area contributed by atoms with Gasteiger partial charge in [0.1, 0.15) is 35.9 Å². The van der Waals surface area contributed by atoms with E-state index in [2.05, 4.69) is 84.6 Å². The number of hydroxylamine groups is 2. The number of halogens is 8. The van der Waals surface area contributed by atoms with E-state index in [-0.39, 0.29) is 160 Å². The molecule has 1 saturated heterocycles. The van der Waals surface area contributed by atoms with Crippen LogP contribution in [0, 0.1) is 11.8 Å². The molecule has 32 heteroatoms. The average molecular weight is 1620 g/mol. The number of Topliss-reactive ketones (excluding diaryl/α,β-unsaturated/α-hetero) is 1. The number of benzene rings is 3. The highest BCUT2D eigenvalue weighted by Gasteiger charge is 2.39. The van der Waals surface area contributed by atoms with E-state index in [4.69, 9.17) is 97.6 Å². The monoisotopic (exact) mass is 1620 g/mol. The van der Waals surface area contributed by atoms with Gasteiger partial charge in [0.25, 0.3) is 35.4 Å². The minimum Gasteiger partial charge on any atom is -0.874 e. The van der Waals surface area contributed by atoms with Crippen molar-refractivity contribution in [3.05, 3.63) is 182 Å². The highest BCUT2D eigenvalue weighted by molar-refractivity contribution is 7.85. The molecule has 8 bridgehead atoms. The number of anilines is 1. The molecule has 1 fully saturated rings. The molecule has 0 spiro atoms. The first-order valence-electron chi connectivity index (χ1n) is 34.2. The molecule has 23 nitrogen and oxygen atoms in total. The Morgan fingerprint density at radius 2 is 0.990 bits per heavy atom. The Balaban J connectivity index is 0.000000262. The first-order chi connectivity index (χ1) is 49.8. The van der Waals surface area contributed by atoms with E-state index in [0.717, 1.165) is 55.7 Å². The number of quaternary nitrogens is 1. The molecule has 1 unspecified atom stereocenters. The number of allylic oxidation sites excluding steroid dienone is 6. The molecule has 5 aromatic rings. The normalized spacial score (nSPS) is 16.4. The van der Waals surface area contributed by atoms with Crippen molar-refractivity contribution >= 4 is 167 Å². The molecule has 0 radical (unpaired) electrons. The van der Waals surface area contributed by atoms with Crippen molar-refractivity contribution in [2.24, 2.45) is 11.8 Å². The molecule has 7 aliphatic rings. The van der Waals surface area contributed by atoms with Gasteiger partial charge in [0.15, 0.2) is 11.5 Å². The average Bonchev–Trinajstić information content (AvgIpc) is 1.02. The number of nitrogens with zero attached hydrogens (tertiary/aromatic N) is 5. The highest BCUT2D eigenvalue weighted by Crippen LogP contribution is 2.44. The number of unbranched alkanes of at least 4 members (excludes halogenated alkanes) is 2. The van der Waals surface area contributed by atoms with Crippen molar-refractivity contribution < 1.29 is 70.7 Å². The van der Waals surface area contributed by atoms with Crippen LogP contribution in [0.5, 0.6) is 0 Å². The van der Waals surface area contributed by atoms with Gasteiger partial charge in [-0.2, -0.15) is 0 Å². The quantitative estimate of drug-likeness (QED) is 0.0197.